The van der Waals surface area contributed by atoms with Gasteiger partial charge in [0.05, 0.1) is 19.3 Å². The lowest BCUT2D eigenvalue weighted by Crippen LogP contribution is -2.33. The van der Waals surface area contributed by atoms with Crippen LogP contribution >= 0.6 is 0 Å². The summed E-state index contributed by atoms with van der Waals surface area (Å²) in [7, 11) is 3.10. The minimum absolute atomic E-state index is 0.299. The fourth-order valence-electron chi connectivity index (χ4n) is 1.83. The average molecular weight is 265 g/mol. The molecule has 0 radical (unpaired) electrons. The van der Waals surface area contributed by atoms with Gasteiger partial charge in [0.1, 0.15) is 0 Å². The molecule has 0 aliphatic rings. The van der Waals surface area contributed by atoms with E-state index in [1.165, 1.54) is 12.7 Å². The second-order valence-electron chi connectivity index (χ2n) is 4.75. The summed E-state index contributed by atoms with van der Waals surface area (Å²) in [5.41, 5.74) is 1.76. The van der Waals surface area contributed by atoms with Gasteiger partial charge in [-0.05, 0) is 31.5 Å². The molecule has 0 aromatic heterocycles. The summed E-state index contributed by atoms with van der Waals surface area (Å²) in [6.45, 7) is 6.80. The Morgan fingerprint density at radius 1 is 1.21 bits per heavy atom. The Kier molecular flexibility index (Phi) is 6.53. The van der Waals surface area contributed by atoms with Gasteiger partial charge in [-0.25, -0.2) is 4.79 Å². The van der Waals surface area contributed by atoms with Crippen molar-refractivity contribution in [2.75, 3.05) is 27.4 Å². The van der Waals surface area contributed by atoms with Crippen molar-refractivity contribution in [2.45, 2.75) is 26.4 Å². The van der Waals surface area contributed by atoms with Crippen LogP contribution in [-0.2, 0) is 16.0 Å². The highest BCUT2D eigenvalue weighted by molar-refractivity contribution is 5.89. The molecule has 0 saturated carbocycles. The molecule has 1 rings (SSSR count). The molecule has 0 fully saturated rings. The van der Waals surface area contributed by atoms with Crippen molar-refractivity contribution in [3.05, 3.63) is 35.4 Å². The number of carbonyl (C=O) groups excluding carboxylic acids is 1. The molecular weight excluding hydrogens is 242 g/mol. The summed E-state index contributed by atoms with van der Waals surface area (Å²) in [5.74, 6) is -0.299. The summed E-state index contributed by atoms with van der Waals surface area (Å²) in [5, 5.41) is 0. The van der Waals surface area contributed by atoms with Gasteiger partial charge in [-0.1, -0.05) is 12.1 Å². The van der Waals surface area contributed by atoms with E-state index in [4.69, 9.17) is 4.74 Å². The van der Waals surface area contributed by atoms with Gasteiger partial charge in [0.15, 0.2) is 0 Å². The maximum atomic E-state index is 11.3. The molecule has 0 N–H and O–H groups in total. The van der Waals surface area contributed by atoms with Crippen molar-refractivity contribution in [1.82, 2.24) is 4.90 Å². The van der Waals surface area contributed by atoms with Gasteiger partial charge in [-0.2, -0.15) is 0 Å². The largest absolute Gasteiger partial charge is 0.465 e. The highest BCUT2D eigenvalue weighted by atomic mass is 16.5. The lowest BCUT2D eigenvalue weighted by molar-refractivity contribution is 0.0600. The molecule has 0 spiro atoms. The molecule has 0 bridgehead atoms. The monoisotopic (exact) mass is 265 g/mol. The minimum atomic E-state index is -0.299. The smallest absolute Gasteiger partial charge is 0.337 e. The Labute approximate surface area is 115 Å². The SMILES string of the molecule is COCCN(Cc1ccc(C(=O)OC)cc1)C(C)C. The van der Waals surface area contributed by atoms with Crippen LogP contribution in [0, 0.1) is 0 Å². The lowest BCUT2D eigenvalue weighted by Gasteiger charge is -2.26. The Bertz CT molecular complexity index is 387. The normalized spacial score (nSPS) is 11.1. The maximum Gasteiger partial charge on any atom is 0.337 e. The summed E-state index contributed by atoms with van der Waals surface area (Å²) in [4.78, 5) is 13.7. The van der Waals surface area contributed by atoms with E-state index in [1.807, 2.05) is 12.1 Å². The van der Waals surface area contributed by atoms with Crippen LogP contribution in [0.3, 0.4) is 0 Å². The number of hydrogen-bond donors (Lipinski definition) is 0. The van der Waals surface area contributed by atoms with Gasteiger partial charge in [-0.15, -0.1) is 0 Å². The number of ether oxygens (including phenoxy) is 2. The lowest BCUT2D eigenvalue weighted by atomic mass is 10.1. The summed E-state index contributed by atoms with van der Waals surface area (Å²) in [6, 6.07) is 7.99. The predicted octanol–water partition coefficient (Wildman–Crippen LogP) is 2.33. The minimum Gasteiger partial charge on any atom is -0.465 e. The van der Waals surface area contributed by atoms with Crippen LogP contribution in [0.15, 0.2) is 24.3 Å². The molecule has 4 nitrogen and oxygen atoms in total. The van der Waals surface area contributed by atoms with Crippen molar-refractivity contribution in [1.29, 1.82) is 0 Å². The van der Waals surface area contributed by atoms with Crippen LogP contribution in [0.4, 0.5) is 0 Å². The predicted molar refractivity (Wildman–Crippen MR) is 75.2 cm³/mol. The number of carbonyl (C=O) groups is 1. The molecule has 0 saturated heterocycles. The number of hydrogen-bond acceptors (Lipinski definition) is 4. The zero-order valence-corrected chi connectivity index (χ0v) is 12.2. The first-order valence-corrected chi connectivity index (χ1v) is 6.48. The van der Waals surface area contributed by atoms with Gasteiger partial charge in [0.25, 0.3) is 0 Å². The molecule has 1 aromatic rings. The van der Waals surface area contributed by atoms with Gasteiger partial charge in [0, 0.05) is 26.2 Å². The van der Waals surface area contributed by atoms with Crippen LogP contribution in [0.5, 0.6) is 0 Å². The standard InChI is InChI=1S/C15H23NO3/c1-12(2)16(9-10-18-3)11-13-5-7-14(8-6-13)15(17)19-4/h5-8,12H,9-11H2,1-4H3. The summed E-state index contributed by atoms with van der Waals surface area (Å²) >= 11 is 0. The Morgan fingerprint density at radius 2 is 1.84 bits per heavy atom. The average Bonchev–Trinajstić information content (AvgIpc) is 2.43. The molecule has 0 heterocycles. The second-order valence-corrected chi connectivity index (χ2v) is 4.75. The fraction of sp³-hybridized carbons (Fsp3) is 0.533. The first kappa shape index (κ1) is 15.7. The Hall–Kier alpha value is -1.39. The quantitative estimate of drug-likeness (QED) is 0.709. The zero-order chi connectivity index (χ0) is 14.3. The van der Waals surface area contributed by atoms with Crippen molar-refractivity contribution in [3.8, 4) is 0 Å². The first-order valence-electron chi connectivity index (χ1n) is 6.48. The highest BCUT2D eigenvalue weighted by Gasteiger charge is 2.10. The van der Waals surface area contributed by atoms with Gasteiger partial charge < -0.3 is 9.47 Å². The molecule has 0 aliphatic heterocycles. The van der Waals surface area contributed by atoms with Crippen molar-refractivity contribution >= 4 is 5.97 Å². The summed E-state index contributed by atoms with van der Waals surface area (Å²) in [6.07, 6.45) is 0. The van der Waals surface area contributed by atoms with Gasteiger partial charge >= 0.3 is 5.97 Å². The molecule has 0 aliphatic carbocycles. The molecule has 19 heavy (non-hydrogen) atoms. The van der Waals surface area contributed by atoms with E-state index in [0.29, 0.717) is 11.6 Å². The maximum absolute atomic E-state index is 11.3. The molecule has 0 unspecified atom stereocenters. The van der Waals surface area contributed by atoms with E-state index < -0.39 is 0 Å². The highest BCUT2D eigenvalue weighted by Crippen LogP contribution is 2.10. The summed E-state index contributed by atoms with van der Waals surface area (Å²) < 4.78 is 9.81. The third kappa shape index (κ3) is 5.01. The Morgan fingerprint density at radius 3 is 2.32 bits per heavy atom. The van der Waals surface area contributed by atoms with Crippen LogP contribution in [-0.4, -0.2) is 44.3 Å². The van der Waals surface area contributed by atoms with Crippen LogP contribution in [0.1, 0.15) is 29.8 Å². The molecule has 0 amide bonds. The molecule has 1 aromatic carbocycles. The fourth-order valence-corrected chi connectivity index (χ4v) is 1.83. The Balaban J connectivity index is 2.66. The van der Waals surface area contributed by atoms with Crippen molar-refractivity contribution in [2.24, 2.45) is 0 Å². The molecule has 4 heteroatoms. The second kappa shape index (κ2) is 7.92. The van der Waals surface area contributed by atoms with Crippen LogP contribution in [0.25, 0.3) is 0 Å². The topological polar surface area (TPSA) is 38.8 Å². The number of methoxy groups -OCH3 is 2. The first-order chi connectivity index (χ1) is 9.08. The van der Waals surface area contributed by atoms with E-state index >= 15 is 0 Å². The number of benzene rings is 1. The number of nitrogens with zero attached hydrogens (tertiary/aromatic N) is 1. The zero-order valence-electron chi connectivity index (χ0n) is 12.2. The van der Waals surface area contributed by atoms with Crippen molar-refractivity contribution in [3.63, 3.8) is 0 Å². The third-order valence-electron chi connectivity index (χ3n) is 3.07. The van der Waals surface area contributed by atoms with Gasteiger partial charge in [0.2, 0.25) is 0 Å². The number of esters is 1. The van der Waals surface area contributed by atoms with E-state index in [-0.39, 0.29) is 5.97 Å². The van der Waals surface area contributed by atoms with E-state index in [1.54, 1.807) is 19.2 Å². The van der Waals surface area contributed by atoms with Gasteiger partial charge in [-0.3, -0.25) is 4.90 Å². The van der Waals surface area contributed by atoms with Crippen LogP contribution < -0.4 is 0 Å². The third-order valence-corrected chi connectivity index (χ3v) is 3.07. The molecule has 0 atom stereocenters. The van der Waals surface area contributed by atoms with E-state index in [2.05, 4.69) is 23.5 Å². The van der Waals surface area contributed by atoms with E-state index in [9.17, 15) is 4.79 Å². The number of rotatable bonds is 7. The van der Waals surface area contributed by atoms with E-state index in [0.717, 1.165) is 19.7 Å². The van der Waals surface area contributed by atoms with Crippen molar-refractivity contribution < 1.29 is 14.3 Å². The molecule has 106 valence electrons. The van der Waals surface area contributed by atoms with Crippen LogP contribution in [0.2, 0.25) is 0 Å². The molecular formula is C15H23NO3.